The van der Waals surface area contributed by atoms with Crippen LogP contribution in [0.1, 0.15) is 17.6 Å². The summed E-state index contributed by atoms with van der Waals surface area (Å²) >= 11 is 0. The molecule has 0 bridgehead atoms. The molecule has 4 nitrogen and oxygen atoms in total. The molecular formula is C7H8O4. The molecule has 1 aromatic rings. The van der Waals surface area contributed by atoms with Crippen molar-refractivity contribution in [2.45, 2.75) is 13.0 Å². The van der Waals surface area contributed by atoms with Crippen molar-refractivity contribution in [1.29, 1.82) is 0 Å². The molecule has 2 N–H and O–H groups in total. The topological polar surface area (TPSA) is 70.7 Å². The fraction of sp³-hybridized carbons (Fsp3) is 0.286. The van der Waals surface area contributed by atoms with Gasteiger partial charge in [-0.2, -0.15) is 0 Å². The zero-order valence-corrected chi connectivity index (χ0v) is 5.94. The van der Waals surface area contributed by atoms with Gasteiger partial charge in [-0.05, 0) is 19.1 Å². The maximum absolute atomic E-state index is 10.2. The lowest BCUT2D eigenvalue weighted by atomic mass is 10.3. The van der Waals surface area contributed by atoms with Crippen LogP contribution in [-0.4, -0.2) is 16.2 Å². The van der Waals surface area contributed by atoms with Crippen LogP contribution in [0.15, 0.2) is 16.5 Å². The minimum Gasteiger partial charge on any atom is -0.479 e. The summed E-state index contributed by atoms with van der Waals surface area (Å²) < 4.78 is 4.88. The third-order valence-electron chi connectivity index (χ3n) is 1.26. The van der Waals surface area contributed by atoms with E-state index in [4.69, 9.17) is 14.6 Å². The highest BCUT2D eigenvalue weighted by Crippen LogP contribution is 2.15. The number of carbonyl (C=O) groups is 1. The minimum absolute atomic E-state index is 0.0648. The quantitative estimate of drug-likeness (QED) is 0.661. The largest absolute Gasteiger partial charge is 0.479 e. The van der Waals surface area contributed by atoms with Gasteiger partial charge >= 0.3 is 5.97 Å². The highest BCUT2D eigenvalue weighted by molar-refractivity contribution is 5.73. The number of aliphatic carboxylic acids is 1. The summed E-state index contributed by atoms with van der Waals surface area (Å²) in [6.07, 6.45) is -1.55. The summed E-state index contributed by atoms with van der Waals surface area (Å²) in [5.74, 6) is -0.658. The molecule has 0 fully saturated rings. The van der Waals surface area contributed by atoms with E-state index in [1.807, 2.05) is 0 Å². The summed E-state index contributed by atoms with van der Waals surface area (Å²) in [5, 5.41) is 17.3. The number of carboxylic acid groups (broad SMARTS) is 1. The van der Waals surface area contributed by atoms with Gasteiger partial charge in [0.1, 0.15) is 11.5 Å². The Morgan fingerprint density at radius 2 is 2.27 bits per heavy atom. The van der Waals surface area contributed by atoms with Crippen molar-refractivity contribution in [1.82, 2.24) is 0 Å². The van der Waals surface area contributed by atoms with Gasteiger partial charge in [0.25, 0.3) is 0 Å². The number of hydrogen-bond acceptors (Lipinski definition) is 3. The van der Waals surface area contributed by atoms with Gasteiger partial charge < -0.3 is 14.6 Å². The van der Waals surface area contributed by atoms with Crippen LogP contribution in [0.25, 0.3) is 0 Å². The van der Waals surface area contributed by atoms with Crippen molar-refractivity contribution in [3.05, 3.63) is 23.7 Å². The monoisotopic (exact) mass is 156 g/mol. The molecule has 0 saturated heterocycles. The molecular weight excluding hydrogens is 148 g/mol. The first-order valence-corrected chi connectivity index (χ1v) is 3.08. The van der Waals surface area contributed by atoms with Crippen LogP contribution >= 0.6 is 0 Å². The Morgan fingerprint density at radius 1 is 1.64 bits per heavy atom. The summed E-state index contributed by atoms with van der Waals surface area (Å²) in [7, 11) is 0. The van der Waals surface area contributed by atoms with Gasteiger partial charge in [-0.25, -0.2) is 4.79 Å². The Labute approximate surface area is 63.1 Å². The van der Waals surface area contributed by atoms with Gasteiger partial charge in [0.15, 0.2) is 0 Å². The first-order valence-electron chi connectivity index (χ1n) is 3.08. The Bertz CT molecular complexity index is 263. The Kier molecular flexibility index (Phi) is 1.96. The predicted molar refractivity (Wildman–Crippen MR) is 36.0 cm³/mol. The van der Waals surface area contributed by atoms with Gasteiger partial charge in [0.05, 0.1) is 0 Å². The van der Waals surface area contributed by atoms with E-state index in [2.05, 4.69) is 0 Å². The molecule has 60 valence electrons. The fourth-order valence-electron chi connectivity index (χ4n) is 0.722. The van der Waals surface area contributed by atoms with Gasteiger partial charge in [-0.3, -0.25) is 0 Å². The molecule has 4 heteroatoms. The van der Waals surface area contributed by atoms with E-state index < -0.39 is 12.1 Å². The van der Waals surface area contributed by atoms with Crippen molar-refractivity contribution in [3.8, 4) is 0 Å². The molecule has 0 spiro atoms. The standard InChI is InChI=1S/C7H8O4/c1-4-2-3-5(11-4)6(8)7(9)10/h2-3,6,8H,1H3,(H,9,10)/t6-/m1/s1. The molecule has 1 heterocycles. The molecule has 0 radical (unpaired) electrons. The van der Waals surface area contributed by atoms with E-state index in [-0.39, 0.29) is 5.76 Å². The molecule has 0 aliphatic carbocycles. The number of rotatable bonds is 2. The molecule has 0 aromatic carbocycles. The van der Waals surface area contributed by atoms with Crippen molar-refractivity contribution in [2.75, 3.05) is 0 Å². The highest BCUT2D eigenvalue weighted by Gasteiger charge is 2.18. The number of aliphatic hydroxyl groups excluding tert-OH is 1. The first kappa shape index (κ1) is 7.81. The molecule has 11 heavy (non-hydrogen) atoms. The van der Waals surface area contributed by atoms with Crippen molar-refractivity contribution in [2.24, 2.45) is 0 Å². The summed E-state index contributed by atoms with van der Waals surface area (Å²) in [6, 6.07) is 3.04. The lowest BCUT2D eigenvalue weighted by Gasteiger charge is -1.98. The third-order valence-corrected chi connectivity index (χ3v) is 1.26. The van der Waals surface area contributed by atoms with Crippen molar-refractivity contribution >= 4 is 5.97 Å². The molecule has 0 aliphatic rings. The van der Waals surface area contributed by atoms with Gasteiger partial charge in [0, 0.05) is 0 Å². The Morgan fingerprint density at radius 3 is 2.64 bits per heavy atom. The van der Waals surface area contributed by atoms with Crippen molar-refractivity contribution < 1.29 is 19.4 Å². The summed E-state index contributed by atoms with van der Waals surface area (Å²) in [6.45, 7) is 1.68. The predicted octanol–water partition coefficient (Wildman–Crippen LogP) is 0.706. The molecule has 1 atom stereocenters. The summed E-state index contributed by atoms with van der Waals surface area (Å²) in [4.78, 5) is 10.2. The zero-order chi connectivity index (χ0) is 8.43. The summed E-state index contributed by atoms with van der Waals surface area (Å²) in [5.41, 5.74) is 0. The normalized spacial score (nSPS) is 12.9. The van der Waals surface area contributed by atoms with Crippen LogP contribution in [-0.2, 0) is 4.79 Å². The van der Waals surface area contributed by atoms with E-state index in [1.54, 1.807) is 13.0 Å². The third kappa shape index (κ3) is 1.59. The van der Waals surface area contributed by atoms with Crippen LogP contribution in [0.5, 0.6) is 0 Å². The second-order valence-electron chi connectivity index (χ2n) is 2.19. The first-order chi connectivity index (χ1) is 5.11. The molecule has 0 saturated carbocycles. The van der Waals surface area contributed by atoms with E-state index in [0.717, 1.165) is 0 Å². The van der Waals surface area contributed by atoms with E-state index >= 15 is 0 Å². The van der Waals surface area contributed by atoms with E-state index in [1.165, 1.54) is 6.07 Å². The molecule has 1 aromatic heterocycles. The number of aryl methyl sites for hydroxylation is 1. The maximum atomic E-state index is 10.2. The van der Waals surface area contributed by atoms with E-state index in [9.17, 15) is 4.79 Å². The minimum atomic E-state index is -1.55. The van der Waals surface area contributed by atoms with Crippen LogP contribution in [0.3, 0.4) is 0 Å². The SMILES string of the molecule is Cc1ccc([C@@H](O)C(=O)O)o1. The second kappa shape index (κ2) is 2.75. The van der Waals surface area contributed by atoms with Crippen LogP contribution < -0.4 is 0 Å². The molecule has 0 amide bonds. The van der Waals surface area contributed by atoms with Gasteiger partial charge in [0.2, 0.25) is 6.10 Å². The van der Waals surface area contributed by atoms with Crippen LogP contribution in [0.2, 0.25) is 0 Å². The fourth-order valence-corrected chi connectivity index (χ4v) is 0.722. The number of carboxylic acids is 1. The lowest BCUT2D eigenvalue weighted by molar-refractivity contribution is -0.147. The number of hydrogen-bond donors (Lipinski definition) is 2. The number of aliphatic hydroxyl groups is 1. The zero-order valence-electron chi connectivity index (χ0n) is 5.94. The van der Waals surface area contributed by atoms with Crippen LogP contribution in [0, 0.1) is 6.92 Å². The van der Waals surface area contributed by atoms with Crippen LogP contribution in [0.4, 0.5) is 0 Å². The molecule has 0 aliphatic heterocycles. The second-order valence-corrected chi connectivity index (χ2v) is 2.19. The number of furan rings is 1. The average molecular weight is 156 g/mol. The maximum Gasteiger partial charge on any atom is 0.340 e. The van der Waals surface area contributed by atoms with Crippen molar-refractivity contribution in [3.63, 3.8) is 0 Å². The lowest BCUT2D eigenvalue weighted by Crippen LogP contribution is -2.09. The smallest absolute Gasteiger partial charge is 0.340 e. The highest BCUT2D eigenvalue weighted by atomic mass is 16.4. The molecule has 1 rings (SSSR count). The Hall–Kier alpha value is -1.29. The van der Waals surface area contributed by atoms with E-state index in [0.29, 0.717) is 5.76 Å². The Balaban J connectivity index is 2.84. The van der Waals surface area contributed by atoms with Gasteiger partial charge in [-0.15, -0.1) is 0 Å². The molecule has 0 unspecified atom stereocenters. The van der Waals surface area contributed by atoms with Gasteiger partial charge in [-0.1, -0.05) is 0 Å². The average Bonchev–Trinajstić information content (AvgIpc) is 2.34.